The molecule has 0 amide bonds. The molecule has 0 fully saturated rings. The maximum absolute atomic E-state index is 11.9. The lowest BCUT2D eigenvalue weighted by Gasteiger charge is -2.12. The van der Waals surface area contributed by atoms with Gasteiger partial charge in [0.05, 0.1) is 12.8 Å². The maximum atomic E-state index is 11.9. The fourth-order valence-electron chi connectivity index (χ4n) is 2.30. The van der Waals surface area contributed by atoms with Gasteiger partial charge in [0.15, 0.2) is 11.6 Å². The van der Waals surface area contributed by atoms with Gasteiger partial charge >= 0.3 is 0 Å². The Kier molecular flexibility index (Phi) is 4.29. The quantitative estimate of drug-likeness (QED) is 0.730. The highest BCUT2D eigenvalue weighted by atomic mass is 16.5. The van der Waals surface area contributed by atoms with Crippen LogP contribution in [0.2, 0.25) is 0 Å². The van der Waals surface area contributed by atoms with Crippen LogP contribution in [0.3, 0.4) is 0 Å². The summed E-state index contributed by atoms with van der Waals surface area (Å²) in [6.45, 7) is 3.49. The van der Waals surface area contributed by atoms with Gasteiger partial charge in [0.2, 0.25) is 5.82 Å². The molecule has 1 N–H and O–H groups in total. The predicted molar refractivity (Wildman–Crippen MR) is 92.2 cm³/mol. The first-order valence-electron chi connectivity index (χ1n) is 7.53. The Hall–Kier alpha value is -3.15. The average molecular weight is 322 g/mol. The number of Topliss-reactive ketones (excluding diaryl/α,β-unsaturated/α-hetero) is 1. The topological polar surface area (TPSA) is 69.0 Å². The molecule has 0 aliphatic heterocycles. The highest BCUT2D eigenvalue weighted by molar-refractivity contribution is 5.91. The Morgan fingerprint density at radius 2 is 1.71 bits per heavy atom. The highest BCUT2D eigenvalue weighted by Gasteiger charge is 2.17. The summed E-state index contributed by atoms with van der Waals surface area (Å²) in [6.07, 6.45) is 0. The molecule has 3 rings (SSSR count). The van der Waals surface area contributed by atoms with Crippen molar-refractivity contribution in [3.05, 3.63) is 59.9 Å². The molecule has 1 aromatic heterocycles. The molecule has 24 heavy (non-hydrogen) atoms. The number of methoxy groups -OCH3 is 1. The zero-order valence-electron chi connectivity index (χ0n) is 13.8. The lowest BCUT2D eigenvalue weighted by atomic mass is 10.2. The summed E-state index contributed by atoms with van der Waals surface area (Å²) in [5.41, 5.74) is 6.03. The van der Waals surface area contributed by atoms with E-state index in [1.54, 1.807) is 11.8 Å². The van der Waals surface area contributed by atoms with Crippen LogP contribution in [0, 0.1) is 6.92 Å². The number of rotatable bonds is 5. The number of nitrogens with one attached hydrogen (secondary N) is 1. The van der Waals surface area contributed by atoms with E-state index in [0.717, 1.165) is 22.6 Å². The van der Waals surface area contributed by atoms with Gasteiger partial charge in [-0.1, -0.05) is 17.7 Å². The number of aryl methyl sites for hydroxylation is 1. The lowest BCUT2D eigenvalue weighted by Crippen LogP contribution is -2.16. The molecule has 2 aromatic carbocycles. The number of nitrogens with zero attached hydrogens (tertiary/aromatic N) is 3. The first-order valence-corrected chi connectivity index (χ1v) is 7.53. The Morgan fingerprint density at radius 1 is 1.04 bits per heavy atom. The third kappa shape index (κ3) is 3.12. The monoisotopic (exact) mass is 322 g/mol. The Bertz CT molecular complexity index is 852. The molecule has 6 nitrogen and oxygen atoms in total. The Balaban J connectivity index is 2.03. The molecule has 122 valence electrons. The maximum Gasteiger partial charge on any atom is 0.219 e. The smallest absolute Gasteiger partial charge is 0.219 e. The molecule has 0 unspecified atom stereocenters. The van der Waals surface area contributed by atoms with Crippen LogP contribution in [-0.4, -0.2) is 27.8 Å². The van der Waals surface area contributed by atoms with Gasteiger partial charge in [-0.25, -0.2) is 4.68 Å². The van der Waals surface area contributed by atoms with Crippen LogP contribution < -0.4 is 10.2 Å². The molecule has 0 aliphatic rings. The molecule has 6 heteroatoms. The molecule has 0 bridgehead atoms. The van der Waals surface area contributed by atoms with Crippen molar-refractivity contribution in [3.63, 3.8) is 0 Å². The summed E-state index contributed by atoms with van der Waals surface area (Å²) in [5.74, 6) is 1.40. The lowest BCUT2D eigenvalue weighted by molar-refractivity contribution is 0.100. The summed E-state index contributed by atoms with van der Waals surface area (Å²) in [6, 6.07) is 15.3. The van der Waals surface area contributed by atoms with E-state index in [9.17, 15) is 4.79 Å². The van der Waals surface area contributed by atoms with Crippen LogP contribution in [0.15, 0.2) is 48.5 Å². The number of aromatic nitrogens is 3. The number of benzene rings is 2. The largest absolute Gasteiger partial charge is 0.497 e. The summed E-state index contributed by atoms with van der Waals surface area (Å²) in [7, 11) is 1.62. The van der Waals surface area contributed by atoms with Crippen LogP contribution in [0.4, 0.5) is 5.69 Å². The third-order valence-electron chi connectivity index (χ3n) is 3.62. The molecular weight excluding hydrogens is 304 g/mol. The molecule has 0 saturated heterocycles. The van der Waals surface area contributed by atoms with Crippen molar-refractivity contribution in [2.45, 2.75) is 13.8 Å². The zero-order chi connectivity index (χ0) is 17.1. The first-order chi connectivity index (χ1) is 11.6. The second kappa shape index (κ2) is 6.54. The molecular formula is C18H18N4O2. The molecule has 0 aliphatic carbocycles. The number of anilines is 1. The van der Waals surface area contributed by atoms with Gasteiger partial charge < -0.3 is 4.74 Å². The van der Waals surface area contributed by atoms with E-state index in [1.165, 1.54) is 6.92 Å². The molecule has 1 heterocycles. The van der Waals surface area contributed by atoms with Gasteiger partial charge in [0, 0.05) is 12.5 Å². The standard InChI is InChI=1S/C18H18N4O2/c1-12-4-8-15(9-5-12)21-22-17(13(2)23)19-20-18(22)14-6-10-16(24-3)11-7-14/h4-11,21H,1-3H3. The van der Waals surface area contributed by atoms with Crippen molar-refractivity contribution >= 4 is 11.5 Å². The summed E-state index contributed by atoms with van der Waals surface area (Å²) in [4.78, 5) is 11.9. The second-order valence-electron chi connectivity index (χ2n) is 5.45. The van der Waals surface area contributed by atoms with Crippen LogP contribution in [0.1, 0.15) is 23.1 Å². The first kappa shape index (κ1) is 15.7. The molecule has 0 spiro atoms. The van der Waals surface area contributed by atoms with Crippen molar-refractivity contribution in [1.29, 1.82) is 0 Å². The minimum Gasteiger partial charge on any atom is -0.497 e. The Morgan fingerprint density at radius 3 is 2.29 bits per heavy atom. The van der Waals surface area contributed by atoms with Crippen molar-refractivity contribution in [1.82, 2.24) is 14.9 Å². The number of carbonyl (C=O) groups excluding carboxylic acids is 1. The number of ketones is 1. The third-order valence-corrected chi connectivity index (χ3v) is 3.62. The number of hydrogen-bond donors (Lipinski definition) is 1. The minimum absolute atomic E-state index is 0.165. The van der Waals surface area contributed by atoms with Gasteiger partial charge in [0.1, 0.15) is 5.75 Å². The number of carbonyl (C=O) groups is 1. The van der Waals surface area contributed by atoms with Crippen molar-refractivity contribution in [2.75, 3.05) is 12.5 Å². The van der Waals surface area contributed by atoms with E-state index in [-0.39, 0.29) is 11.6 Å². The van der Waals surface area contributed by atoms with Gasteiger partial charge in [-0.2, -0.15) is 0 Å². The minimum atomic E-state index is -0.165. The average Bonchev–Trinajstić information content (AvgIpc) is 3.01. The normalized spacial score (nSPS) is 10.5. The Labute approximate surface area is 140 Å². The van der Waals surface area contributed by atoms with Crippen molar-refractivity contribution < 1.29 is 9.53 Å². The highest BCUT2D eigenvalue weighted by Crippen LogP contribution is 2.22. The SMILES string of the molecule is COc1ccc(-c2nnc(C(C)=O)n2Nc2ccc(C)cc2)cc1. The van der Waals surface area contributed by atoms with Crippen molar-refractivity contribution in [2.24, 2.45) is 0 Å². The van der Waals surface area contributed by atoms with Crippen LogP contribution in [-0.2, 0) is 0 Å². The second-order valence-corrected chi connectivity index (χ2v) is 5.45. The van der Waals surface area contributed by atoms with Crippen molar-refractivity contribution in [3.8, 4) is 17.1 Å². The number of hydrogen-bond acceptors (Lipinski definition) is 5. The van der Waals surface area contributed by atoms with E-state index >= 15 is 0 Å². The number of ether oxygens (including phenoxy) is 1. The van der Waals surface area contributed by atoms with Gasteiger partial charge in [-0.3, -0.25) is 10.2 Å². The van der Waals surface area contributed by atoms with Crippen LogP contribution in [0.5, 0.6) is 5.75 Å². The predicted octanol–water partition coefficient (Wildman–Crippen LogP) is 3.34. The van der Waals surface area contributed by atoms with E-state index in [0.29, 0.717) is 5.82 Å². The summed E-state index contributed by atoms with van der Waals surface area (Å²) < 4.78 is 6.78. The molecule has 0 atom stereocenters. The summed E-state index contributed by atoms with van der Waals surface area (Å²) in [5, 5.41) is 8.18. The van der Waals surface area contributed by atoms with Crippen LogP contribution >= 0.6 is 0 Å². The van der Waals surface area contributed by atoms with Gasteiger partial charge in [-0.05, 0) is 43.3 Å². The van der Waals surface area contributed by atoms with E-state index in [4.69, 9.17) is 4.74 Å². The fourth-order valence-corrected chi connectivity index (χ4v) is 2.30. The van der Waals surface area contributed by atoms with Gasteiger partial charge in [0.25, 0.3) is 0 Å². The van der Waals surface area contributed by atoms with E-state index in [1.807, 2.05) is 55.5 Å². The fraction of sp³-hybridized carbons (Fsp3) is 0.167. The zero-order valence-corrected chi connectivity index (χ0v) is 13.8. The molecule has 3 aromatic rings. The van der Waals surface area contributed by atoms with Gasteiger partial charge in [-0.15, -0.1) is 10.2 Å². The molecule has 0 radical (unpaired) electrons. The van der Waals surface area contributed by atoms with Crippen LogP contribution in [0.25, 0.3) is 11.4 Å². The molecule has 0 saturated carbocycles. The summed E-state index contributed by atoms with van der Waals surface area (Å²) >= 11 is 0. The van der Waals surface area contributed by atoms with E-state index in [2.05, 4.69) is 15.6 Å². The van der Waals surface area contributed by atoms with E-state index < -0.39 is 0 Å².